The summed E-state index contributed by atoms with van der Waals surface area (Å²) in [5, 5.41) is 0. The van der Waals surface area contributed by atoms with Crippen LogP contribution in [0.2, 0.25) is 4.34 Å². The van der Waals surface area contributed by atoms with E-state index in [0.717, 1.165) is 3.79 Å². The van der Waals surface area contributed by atoms with Crippen molar-refractivity contribution >= 4 is 50.6 Å². The number of thiophene rings is 1. The van der Waals surface area contributed by atoms with Crippen LogP contribution in [0.4, 0.5) is 0 Å². The first-order valence-electron chi connectivity index (χ1n) is 4.33. The molecule has 1 rings (SSSR count). The predicted molar refractivity (Wildman–Crippen MR) is 67.1 cm³/mol. The van der Waals surface area contributed by atoms with Crippen molar-refractivity contribution in [2.24, 2.45) is 0 Å². The number of ketones is 1. The molecule has 6 heteroatoms. The minimum Gasteiger partial charge on any atom is -0.462 e. The Morgan fingerprint density at radius 3 is 2.69 bits per heavy atom. The Kier molecular flexibility index (Phi) is 4.70. The van der Waals surface area contributed by atoms with Crippen LogP contribution < -0.4 is 0 Å². The number of ether oxygens (including phenoxy) is 1. The molecule has 86 valence electrons. The fourth-order valence-corrected chi connectivity index (χ4v) is 2.96. The zero-order chi connectivity index (χ0) is 12.3. The van der Waals surface area contributed by atoms with E-state index < -0.39 is 11.8 Å². The normalized spacial score (nSPS) is 9.94. The van der Waals surface area contributed by atoms with Crippen molar-refractivity contribution in [2.45, 2.75) is 6.92 Å². The van der Waals surface area contributed by atoms with Gasteiger partial charge < -0.3 is 4.74 Å². The average molecular weight is 324 g/mol. The van der Waals surface area contributed by atoms with Crippen LogP contribution in [-0.2, 0) is 9.53 Å². The summed E-state index contributed by atoms with van der Waals surface area (Å²) >= 11 is 10.3. The van der Waals surface area contributed by atoms with Gasteiger partial charge in [-0.25, -0.2) is 4.79 Å². The maximum atomic E-state index is 11.8. The lowest BCUT2D eigenvalue weighted by Gasteiger charge is -2.03. The van der Waals surface area contributed by atoms with E-state index in [1.54, 1.807) is 13.0 Å². The summed E-state index contributed by atoms with van der Waals surface area (Å²) in [4.78, 5) is 23.1. The molecule has 0 spiro atoms. The topological polar surface area (TPSA) is 43.4 Å². The number of rotatable bonds is 4. The quantitative estimate of drug-likeness (QED) is 0.280. The number of carbonyl (C=O) groups excluding carboxylic acids is 2. The molecule has 0 aliphatic carbocycles. The molecule has 1 aromatic rings. The van der Waals surface area contributed by atoms with Gasteiger partial charge in [-0.15, -0.1) is 11.3 Å². The lowest BCUT2D eigenvalue weighted by molar-refractivity contribution is -0.138. The van der Waals surface area contributed by atoms with E-state index >= 15 is 0 Å². The third-order valence-corrected chi connectivity index (χ3v) is 3.56. The summed E-state index contributed by atoms with van der Waals surface area (Å²) in [5.74, 6) is -1.23. The molecule has 16 heavy (non-hydrogen) atoms. The molecule has 0 saturated heterocycles. The first-order chi connectivity index (χ1) is 7.47. The van der Waals surface area contributed by atoms with Crippen LogP contribution in [0.5, 0.6) is 0 Å². The third kappa shape index (κ3) is 2.93. The van der Waals surface area contributed by atoms with Gasteiger partial charge in [-0.1, -0.05) is 18.2 Å². The molecule has 3 nitrogen and oxygen atoms in total. The van der Waals surface area contributed by atoms with Gasteiger partial charge in [0.25, 0.3) is 0 Å². The van der Waals surface area contributed by atoms with Crippen LogP contribution >= 0.6 is 38.9 Å². The number of hydrogen-bond donors (Lipinski definition) is 0. The van der Waals surface area contributed by atoms with Crippen LogP contribution in [0.3, 0.4) is 0 Å². The van der Waals surface area contributed by atoms with Crippen molar-refractivity contribution in [3.8, 4) is 0 Å². The smallest absolute Gasteiger partial charge is 0.341 e. The first-order valence-corrected chi connectivity index (χ1v) is 6.31. The molecule has 0 fully saturated rings. The number of Topliss-reactive ketones (excluding diaryl/α,β-unsaturated/α-hetero) is 1. The van der Waals surface area contributed by atoms with E-state index in [-0.39, 0.29) is 17.7 Å². The summed E-state index contributed by atoms with van der Waals surface area (Å²) in [7, 11) is 0. The zero-order valence-corrected chi connectivity index (χ0v) is 11.5. The maximum Gasteiger partial charge on any atom is 0.341 e. The minimum atomic E-state index is -0.717. The highest BCUT2D eigenvalue weighted by Crippen LogP contribution is 2.32. The van der Waals surface area contributed by atoms with Gasteiger partial charge in [0, 0.05) is 0 Å². The molecule has 1 heterocycles. The molecule has 1 aromatic heterocycles. The summed E-state index contributed by atoms with van der Waals surface area (Å²) in [6, 6.07) is 1.56. The summed E-state index contributed by atoms with van der Waals surface area (Å²) in [6.07, 6.45) is 0. The van der Waals surface area contributed by atoms with Gasteiger partial charge >= 0.3 is 5.97 Å². The second kappa shape index (κ2) is 5.61. The van der Waals surface area contributed by atoms with E-state index in [9.17, 15) is 9.59 Å². The van der Waals surface area contributed by atoms with Gasteiger partial charge in [0.05, 0.1) is 16.0 Å². The largest absolute Gasteiger partial charge is 0.462 e. The van der Waals surface area contributed by atoms with E-state index in [1.807, 2.05) is 0 Å². The van der Waals surface area contributed by atoms with E-state index in [4.69, 9.17) is 11.6 Å². The van der Waals surface area contributed by atoms with Gasteiger partial charge in [-0.3, -0.25) is 4.79 Å². The highest BCUT2D eigenvalue weighted by molar-refractivity contribution is 9.11. The lowest BCUT2D eigenvalue weighted by Crippen LogP contribution is -2.14. The Morgan fingerprint density at radius 2 is 2.25 bits per heavy atom. The molecule has 0 N–H and O–H groups in total. The maximum absolute atomic E-state index is 11.8. The van der Waals surface area contributed by atoms with Crippen molar-refractivity contribution in [3.05, 3.63) is 31.9 Å². The van der Waals surface area contributed by atoms with Crippen molar-refractivity contribution in [2.75, 3.05) is 6.61 Å². The van der Waals surface area contributed by atoms with Crippen LogP contribution in [0.15, 0.2) is 22.0 Å². The molecular weight excluding hydrogens is 316 g/mol. The van der Waals surface area contributed by atoms with E-state index in [1.165, 1.54) is 11.3 Å². The highest BCUT2D eigenvalue weighted by Gasteiger charge is 2.22. The van der Waals surface area contributed by atoms with Gasteiger partial charge in [-0.2, -0.15) is 0 Å². The van der Waals surface area contributed by atoms with Gasteiger partial charge in [0.1, 0.15) is 9.91 Å². The standard InChI is InChI=1S/C10H8BrClO3S/c1-3-15-10(14)5(2)8(13)6-4-7(11)16-9(6)12/h4H,2-3H2,1H3. The third-order valence-electron chi connectivity index (χ3n) is 1.70. The van der Waals surface area contributed by atoms with Gasteiger partial charge in [0.15, 0.2) is 0 Å². The van der Waals surface area contributed by atoms with Crippen LogP contribution in [0.1, 0.15) is 17.3 Å². The molecule has 0 aliphatic rings. The fraction of sp³-hybridized carbons (Fsp3) is 0.200. The van der Waals surface area contributed by atoms with Crippen molar-refractivity contribution < 1.29 is 14.3 Å². The molecule has 0 unspecified atom stereocenters. The molecule has 0 atom stereocenters. The first kappa shape index (κ1) is 13.4. The Hall–Kier alpha value is -0.650. The van der Waals surface area contributed by atoms with Crippen molar-refractivity contribution in [1.82, 2.24) is 0 Å². The number of hydrogen-bond acceptors (Lipinski definition) is 4. The average Bonchev–Trinajstić information content (AvgIpc) is 2.56. The molecule has 0 amide bonds. The van der Waals surface area contributed by atoms with Crippen molar-refractivity contribution in [1.29, 1.82) is 0 Å². The molecule has 0 bridgehead atoms. The molecule has 0 saturated carbocycles. The second-order valence-corrected chi connectivity index (χ2v) is 5.80. The number of halogens is 2. The van der Waals surface area contributed by atoms with E-state index in [0.29, 0.717) is 4.34 Å². The van der Waals surface area contributed by atoms with Gasteiger partial charge in [-0.05, 0) is 28.9 Å². The Labute approximate surface area is 110 Å². The SMILES string of the molecule is C=C(C(=O)OCC)C(=O)c1cc(Br)sc1Cl. The lowest BCUT2D eigenvalue weighted by atomic mass is 10.1. The Balaban J connectivity index is 2.90. The van der Waals surface area contributed by atoms with Crippen LogP contribution in [0, 0.1) is 0 Å². The van der Waals surface area contributed by atoms with Crippen LogP contribution in [-0.4, -0.2) is 18.4 Å². The van der Waals surface area contributed by atoms with Crippen LogP contribution in [0.25, 0.3) is 0 Å². The molecule has 0 radical (unpaired) electrons. The monoisotopic (exact) mass is 322 g/mol. The van der Waals surface area contributed by atoms with Crippen molar-refractivity contribution in [3.63, 3.8) is 0 Å². The van der Waals surface area contributed by atoms with E-state index in [2.05, 4.69) is 27.2 Å². The second-order valence-electron chi connectivity index (χ2n) is 2.77. The number of carbonyl (C=O) groups is 2. The van der Waals surface area contributed by atoms with Gasteiger partial charge in [0.2, 0.25) is 5.78 Å². The Morgan fingerprint density at radius 1 is 1.62 bits per heavy atom. The minimum absolute atomic E-state index is 0.201. The molecule has 0 aromatic carbocycles. The molecular formula is C10H8BrClO3S. The summed E-state index contributed by atoms with van der Waals surface area (Å²) in [6.45, 7) is 5.26. The Bertz CT molecular complexity index is 453. The molecule has 0 aliphatic heterocycles. The highest BCUT2D eigenvalue weighted by atomic mass is 79.9. The summed E-state index contributed by atoms with van der Waals surface area (Å²) < 4.78 is 5.72. The summed E-state index contributed by atoms with van der Waals surface area (Å²) in [5.41, 5.74) is 0.0469. The number of esters is 1. The fourth-order valence-electron chi connectivity index (χ4n) is 0.969. The zero-order valence-electron chi connectivity index (χ0n) is 8.38. The predicted octanol–water partition coefficient (Wildman–Crippen LogP) is 3.47.